The first-order valence-electron chi connectivity index (χ1n) is 6.06. The van der Waals surface area contributed by atoms with Gasteiger partial charge in [0.25, 0.3) is 10.0 Å². The fraction of sp³-hybridized carbons (Fsp3) is 0.143. The van der Waals surface area contributed by atoms with Crippen LogP contribution in [0.4, 0.5) is 15.8 Å². The Morgan fingerprint density at radius 3 is 2.52 bits per heavy atom. The Kier molecular flexibility index (Phi) is 4.04. The minimum absolute atomic E-state index is 0.0194. The van der Waals surface area contributed by atoms with Crippen molar-refractivity contribution in [3.8, 4) is 5.75 Å². The third-order valence-corrected chi connectivity index (χ3v) is 4.30. The number of rotatable bonds is 4. The molecule has 112 valence electrons. The average molecular weight is 310 g/mol. The number of nitrogen functional groups attached to an aromatic ring is 1. The molecule has 0 aliphatic rings. The van der Waals surface area contributed by atoms with Gasteiger partial charge in [-0.05, 0) is 42.8 Å². The van der Waals surface area contributed by atoms with Crippen molar-refractivity contribution in [3.05, 3.63) is 47.8 Å². The lowest BCUT2D eigenvalue weighted by molar-refractivity contribution is 0.385. The van der Waals surface area contributed by atoms with Gasteiger partial charge >= 0.3 is 0 Å². The third kappa shape index (κ3) is 3.25. The van der Waals surface area contributed by atoms with Crippen molar-refractivity contribution < 1.29 is 17.5 Å². The van der Waals surface area contributed by atoms with Gasteiger partial charge < -0.3 is 10.5 Å². The summed E-state index contributed by atoms with van der Waals surface area (Å²) in [6.07, 6.45) is 0. The number of sulfonamides is 1. The molecule has 0 amide bonds. The molecule has 2 aromatic carbocycles. The van der Waals surface area contributed by atoms with Crippen LogP contribution in [0.2, 0.25) is 0 Å². The Hall–Kier alpha value is -2.28. The first-order valence-corrected chi connectivity index (χ1v) is 7.54. The first-order chi connectivity index (χ1) is 9.83. The van der Waals surface area contributed by atoms with Gasteiger partial charge in [-0.2, -0.15) is 0 Å². The minimum atomic E-state index is -3.90. The molecule has 0 aliphatic heterocycles. The van der Waals surface area contributed by atoms with Gasteiger partial charge in [-0.25, -0.2) is 12.8 Å². The van der Waals surface area contributed by atoms with E-state index in [4.69, 9.17) is 10.5 Å². The predicted molar refractivity (Wildman–Crippen MR) is 79.4 cm³/mol. The summed E-state index contributed by atoms with van der Waals surface area (Å²) >= 11 is 0. The summed E-state index contributed by atoms with van der Waals surface area (Å²) in [5, 5.41) is 0. The molecule has 0 aromatic heterocycles. The molecule has 3 N–H and O–H groups in total. The average Bonchev–Trinajstić information content (AvgIpc) is 2.42. The minimum Gasteiger partial charge on any atom is -0.494 e. The second kappa shape index (κ2) is 5.61. The molecule has 0 aliphatic carbocycles. The van der Waals surface area contributed by atoms with E-state index in [0.29, 0.717) is 16.9 Å². The van der Waals surface area contributed by atoms with E-state index in [1.807, 2.05) is 0 Å². The lowest BCUT2D eigenvalue weighted by Crippen LogP contribution is -2.14. The van der Waals surface area contributed by atoms with Crippen LogP contribution in [-0.4, -0.2) is 15.5 Å². The molecule has 0 saturated heterocycles. The number of hydrogen-bond donors (Lipinski definition) is 2. The fourth-order valence-electron chi connectivity index (χ4n) is 1.77. The SMILES string of the molecule is COc1ccc(S(=O)(=O)Nc2cc(N)ccc2C)cc1F. The summed E-state index contributed by atoms with van der Waals surface area (Å²) < 4.78 is 45.3. The highest BCUT2D eigenvalue weighted by Crippen LogP contribution is 2.25. The predicted octanol–water partition coefficient (Wildman–Crippen LogP) is 2.53. The van der Waals surface area contributed by atoms with Crippen LogP contribution >= 0.6 is 0 Å². The maximum atomic E-state index is 13.6. The van der Waals surface area contributed by atoms with Gasteiger partial charge in [-0.1, -0.05) is 6.07 Å². The van der Waals surface area contributed by atoms with Gasteiger partial charge in [0.05, 0.1) is 17.7 Å². The van der Waals surface area contributed by atoms with Gasteiger partial charge in [0.1, 0.15) is 0 Å². The first kappa shape index (κ1) is 15.1. The highest BCUT2D eigenvalue weighted by Gasteiger charge is 2.17. The summed E-state index contributed by atoms with van der Waals surface area (Å²) in [6.45, 7) is 1.74. The summed E-state index contributed by atoms with van der Waals surface area (Å²) in [4.78, 5) is -0.192. The van der Waals surface area contributed by atoms with Gasteiger partial charge in [-0.15, -0.1) is 0 Å². The summed E-state index contributed by atoms with van der Waals surface area (Å²) in [5.41, 5.74) is 7.13. The number of anilines is 2. The number of hydrogen-bond acceptors (Lipinski definition) is 4. The molecular formula is C14H15FN2O3S. The maximum Gasteiger partial charge on any atom is 0.262 e. The Morgan fingerprint density at radius 2 is 1.90 bits per heavy atom. The molecule has 7 heteroatoms. The van der Waals surface area contributed by atoms with Crippen molar-refractivity contribution in [1.29, 1.82) is 0 Å². The lowest BCUT2D eigenvalue weighted by atomic mass is 10.2. The number of methoxy groups -OCH3 is 1. The normalized spacial score (nSPS) is 11.2. The fourth-order valence-corrected chi connectivity index (χ4v) is 2.90. The molecule has 0 fully saturated rings. The van der Waals surface area contributed by atoms with Crippen molar-refractivity contribution >= 4 is 21.4 Å². The summed E-state index contributed by atoms with van der Waals surface area (Å²) in [6, 6.07) is 8.31. The van der Waals surface area contributed by atoms with Crippen molar-refractivity contribution in [1.82, 2.24) is 0 Å². The Morgan fingerprint density at radius 1 is 1.19 bits per heavy atom. The molecule has 21 heavy (non-hydrogen) atoms. The monoisotopic (exact) mass is 310 g/mol. The molecule has 2 rings (SSSR count). The van der Waals surface area contributed by atoms with E-state index in [2.05, 4.69) is 4.72 Å². The van der Waals surface area contributed by atoms with Crippen molar-refractivity contribution in [2.75, 3.05) is 17.6 Å². The highest BCUT2D eigenvalue weighted by molar-refractivity contribution is 7.92. The molecular weight excluding hydrogens is 295 g/mol. The second-order valence-corrected chi connectivity index (χ2v) is 6.16. The topological polar surface area (TPSA) is 81.4 Å². The van der Waals surface area contributed by atoms with Crippen LogP contribution in [-0.2, 0) is 10.0 Å². The second-order valence-electron chi connectivity index (χ2n) is 4.48. The number of halogens is 1. The van der Waals surface area contributed by atoms with Crippen LogP contribution in [0.15, 0.2) is 41.3 Å². The van der Waals surface area contributed by atoms with Crippen LogP contribution in [0.5, 0.6) is 5.75 Å². The number of ether oxygens (including phenoxy) is 1. The molecule has 0 bridgehead atoms. The Balaban J connectivity index is 2.38. The van der Waals surface area contributed by atoms with Crippen LogP contribution in [0.25, 0.3) is 0 Å². The molecule has 0 spiro atoms. The molecule has 0 radical (unpaired) electrons. The van der Waals surface area contributed by atoms with E-state index in [9.17, 15) is 12.8 Å². The quantitative estimate of drug-likeness (QED) is 0.850. The van der Waals surface area contributed by atoms with Gasteiger partial charge in [-0.3, -0.25) is 4.72 Å². The standard InChI is InChI=1S/C14H15FN2O3S/c1-9-3-4-10(16)7-13(9)17-21(18,19)11-5-6-14(20-2)12(15)8-11/h3-8,17H,16H2,1-2H3. The zero-order chi connectivity index (χ0) is 15.6. The third-order valence-electron chi connectivity index (χ3n) is 2.94. The molecule has 2 aromatic rings. The van der Waals surface area contributed by atoms with Crippen LogP contribution in [0.1, 0.15) is 5.56 Å². The van der Waals surface area contributed by atoms with Crippen molar-refractivity contribution in [2.45, 2.75) is 11.8 Å². The zero-order valence-corrected chi connectivity index (χ0v) is 12.4. The summed E-state index contributed by atoms with van der Waals surface area (Å²) in [7, 11) is -2.59. The molecule has 5 nitrogen and oxygen atoms in total. The maximum absolute atomic E-state index is 13.6. The van der Waals surface area contributed by atoms with Crippen molar-refractivity contribution in [3.63, 3.8) is 0 Å². The number of aryl methyl sites for hydroxylation is 1. The van der Waals surface area contributed by atoms with E-state index < -0.39 is 15.8 Å². The van der Waals surface area contributed by atoms with E-state index in [-0.39, 0.29) is 10.6 Å². The lowest BCUT2D eigenvalue weighted by Gasteiger charge is -2.12. The number of nitrogens with one attached hydrogen (secondary N) is 1. The van der Waals surface area contributed by atoms with Crippen LogP contribution in [0.3, 0.4) is 0 Å². The molecule has 0 unspecified atom stereocenters. The van der Waals surface area contributed by atoms with E-state index in [1.165, 1.54) is 25.3 Å². The number of nitrogens with two attached hydrogens (primary N) is 1. The van der Waals surface area contributed by atoms with E-state index in [1.54, 1.807) is 19.1 Å². The van der Waals surface area contributed by atoms with Crippen LogP contribution < -0.4 is 15.2 Å². The number of benzene rings is 2. The molecule has 0 heterocycles. The Bertz CT molecular complexity index is 776. The van der Waals surface area contributed by atoms with Gasteiger partial charge in [0.15, 0.2) is 11.6 Å². The smallest absolute Gasteiger partial charge is 0.262 e. The zero-order valence-electron chi connectivity index (χ0n) is 11.6. The largest absolute Gasteiger partial charge is 0.494 e. The van der Waals surface area contributed by atoms with Gasteiger partial charge in [0.2, 0.25) is 0 Å². The van der Waals surface area contributed by atoms with E-state index >= 15 is 0 Å². The highest BCUT2D eigenvalue weighted by atomic mass is 32.2. The molecule has 0 atom stereocenters. The Labute approximate surface area is 122 Å². The summed E-state index contributed by atoms with van der Waals surface area (Å²) in [5.74, 6) is -0.765. The van der Waals surface area contributed by atoms with E-state index in [0.717, 1.165) is 6.07 Å². The molecule has 0 saturated carbocycles. The van der Waals surface area contributed by atoms with Gasteiger partial charge in [0, 0.05) is 5.69 Å². The van der Waals surface area contributed by atoms with Crippen molar-refractivity contribution in [2.24, 2.45) is 0 Å². The van der Waals surface area contributed by atoms with Crippen LogP contribution in [0, 0.1) is 12.7 Å².